The van der Waals surface area contributed by atoms with Gasteiger partial charge in [0.2, 0.25) is 11.8 Å². The summed E-state index contributed by atoms with van der Waals surface area (Å²) >= 11 is 5.97. The molecule has 144 valence electrons. The maximum Gasteiger partial charge on any atom is 0.223 e. The number of carbonyl (C=O) groups excluding carboxylic acids is 2. The first-order valence-electron chi connectivity index (χ1n) is 9.39. The molecule has 0 unspecified atom stereocenters. The molecule has 6 heteroatoms. The third-order valence-corrected chi connectivity index (χ3v) is 5.13. The fraction of sp³-hybridized carbons (Fsp3) is 0.600. The van der Waals surface area contributed by atoms with Gasteiger partial charge in [-0.3, -0.25) is 9.59 Å². The van der Waals surface area contributed by atoms with Crippen LogP contribution < -0.4 is 10.6 Å². The Balaban J connectivity index is 1.63. The van der Waals surface area contributed by atoms with Gasteiger partial charge < -0.3 is 15.4 Å². The highest BCUT2D eigenvalue weighted by molar-refractivity contribution is 6.30. The van der Waals surface area contributed by atoms with E-state index in [0.717, 1.165) is 44.1 Å². The molecule has 0 saturated heterocycles. The number of rotatable bonds is 9. The molecule has 0 aliphatic heterocycles. The number of ether oxygens (including phenoxy) is 1. The summed E-state index contributed by atoms with van der Waals surface area (Å²) in [6, 6.07) is 7.69. The van der Waals surface area contributed by atoms with E-state index in [1.807, 2.05) is 24.3 Å². The molecule has 0 aromatic heterocycles. The van der Waals surface area contributed by atoms with E-state index in [9.17, 15) is 9.59 Å². The number of methoxy groups -OCH3 is 1. The van der Waals surface area contributed by atoms with Crippen LogP contribution in [-0.4, -0.2) is 38.6 Å². The zero-order valence-corrected chi connectivity index (χ0v) is 16.2. The third-order valence-electron chi connectivity index (χ3n) is 4.90. The van der Waals surface area contributed by atoms with E-state index in [1.54, 1.807) is 7.11 Å². The van der Waals surface area contributed by atoms with Crippen LogP contribution >= 0.6 is 11.6 Å². The molecule has 1 fully saturated rings. The smallest absolute Gasteiger partial charge is 0.223 e. The fourth-order valence-corrected chi connectivity index (χ4v) is 3.57. The summed E-state index contributed by atoms with van der Waals surface area (Å²) < 4.78 is 4.97. The van der Waals surface area contributed by atoms with Crippen LogP contribution in [0.15, 0.2) is 24.3 Å². The van der Waals surface area contributed by atoms with Crippen molar-refractivity contribution in [3.63, 3.8) is 0 Å². The Kier molecular flexibility index (Phi) is 8.92. The van der Waals surface area contributed by atoms with Gasteiger partial charge in [-0.1, -0.05) is 23.7 Å². The maximum absolute atomic E-state index is 12.3. The van der Waals surface area contributed by atoms with E-state index in [1.165, 1.54) is 0 Å². The summed E-state index contributed by atoms with van der Waals surface area (Å²) in [5, 5.41) is 6.69. The summed E-state index contributed by atoms with van der Waals surface area (Å²) in [4.78, 5) is 24.5. The van der Waals surface area contributed by atoms with Crippen LogP contribution in [0.1, 0.15) is 37.7 Å². The Bertz CT molecular complexity index is 586. The van der Waals surface area contributed by atoms with Crippen LogP contribution in [-0.2, 0) is 20.7 Å². The Morgan fingerprint density at radius 2 is 1.69 bits per heavy atom. The number of halogens is 1. The molecule has 0 bridgehead atoms. The number of nitrogens with one attached hydrogen (secondary N) is 2. The van der Waals surface area contributed by atoms with Crippen molar-refractivity contribution in [3.8, 4) is 0 Å². The zero-order valence-electron chi connectivity index (χ0n) is 15.4. The second-order valence-corrected chi connectivity index (χ2v) is 7.29. The molecule has 2 N–H and O–H groups in total. The van der Waals surface area contributed by atoms with E-state index < -0.39 is 0 Å². The van der Waals surface area contributed by atoms with Crippen molar-refractivity contribution in [1.82, 2.24) is 10.6 Å². The fourth-order valence-electron chi connectivity index (χ4n) is 3.36. The topological polar surface area (TPSA) is 67.4 Å². The number of hydrogen-bond acceptors (Lipinski definition) is 3. The SMILES string of the molecule is COCCCNC(=O)C1CCC(C(=O)NCCc2cccc(Cl)c2)CC1. The van der Waals surface area contributed by atoms with Crippen molar-refractivity contribution < 1.29 is 14.3 Å². The Labute approximate surface area is 160 Å². The molecule has 1 aliphatic carbocycles. The van der Waals surface area contributed by atoms with E-state index in [2.05, 4.69) is 10.6 Å². The molecule has 1 aromatic carbocycles. The standard InChI is InChI=1S/C20H29ClN2O3/c1-26-13-3-11-22-19(24)16-6-8-17(9-7-16)20(25)23-12-10-15-4-2-5-18(21)14-15/h2,4-5,14,16-17H,3,6-13H2,1H3,(H,22,24)(H,23,25). The summed E-state index contributed by atoms with van der Waals surface area (Å²) in [6.45, 7) is 1.91. The highest BCUT2D eigenvalue weighted by Crippen LogP contribution is 2.29. The molecule has 0 heterocycles. The van der Waals surface area contributed by atoms with Gasteiger partial charge in [0, 0.05) is 43.7 Å². The van der Waals surface area contributed by atoms with Gasteiger partial charge in [0.1, 0.15) is 0 Å². The van der Waals surface area contributed by atoms with Crippen molar-refractivity contribution in [2.24, 2.45) is 11.8 Å². The van der Waals surface area contributed by atoms with Crippen molar-refractivity contribution in [1.29, 1.82) is 0 Å². The molecule has 1 aromatic rings. The Hall–Kier alpha value is -1.59. The summed E-state index contributed by atoms with van der Waals surface area (Å²) in [6.07, 6.45) is 4.71. The first-order valence-corrected chi connectivity index (χ1v) is 9.76. The number of amides is 2. The van der Waals surface area contributed by atoms with Gasteiger partial charge in [0.05, 0.1) is 0 Å². The lowest BCUT2D eigenvalue weighted by molar-refractivity contribution is -0.130. The van der Waals surface area contributed by atoms with E-state index >= 15 is 0 Å². The highest BCUT2D eigenvalue weighted by Gasteiger charge is 2.29. The average molecular weight is 381 g/mol. The molecule has 2 rings (SSSR count). The minimum Gasteiger partial charge on any atom is -0.385 e. The lowest BCUT2D eigenvalue weighted by Crippen LogP contribution is -2.38. The Morgan fingerprint density at radius 1 is 1.08 bits per heavy atom. The predicted molar refractivity (Wildman–Crippen MR) is 103 cm³/mol. The second-order valence-electron chi connectivity index (χ2n) is 6.86. The highest BCUT2D eigenvalue weighted by atomic mass is 35.5. The van der Waals surface area contributed by atoms with Crippen LogP contribution in [0, 0.1) is 11.8 Å². The molecular weight excluding hydrogens is 352 g/mol. The van der Waals surface area contributed by atoms with E-state index in [4.69, 9.17) is 16.3 Å². The largest absolute Gasteiger partial charge is 0.385 e. The predicted octanol–water partition coefficient (Wildman–Crippen LogP) is 2.96. The van der Waals surface area contributed by atoms with Gasteiger partial charge in [-0.15, -0.1) is 0 Å². The van der Waals surface area contributed by atoms with Gasteiger partial charge in [0.25, 0.3) is 0 Å². The molecule has 1 aliphatic rings. The molecule has 0 spiro atoms. The Morgan fingerprint density at radius 3 is 2.27 bits per heavy atom. The normalized spacial score (nSPS) is 19.8. The van der Waals surface area contributed by atoms with Gasteiger partial charge >= 0.3 is 0 Å². The number of hydrogen-bond donors (Lipinski definition) is 2. The minimum absolute atomic E-state index is 0.0203. The van der Waals surface area contributed by atoms with Gasteiger partial charge in [-0.25, -0.2) is 0 Å². The van der Waals surface area contributed by atoms with Crippen LogP contribution in [0.5, 0.6) is 0 Å². The summed E-state index contributed by atoms with van der Waals surface area (Å²) in [5.41, 5.74) is 1.12. The van der Waals surface area contributed by atoms with Crippen LogP contribution in [0.3, 0.4) is 0 Å². The number of carbonyl (C=O) groups is 2. The van der Waals surface area contributed by atoms with Crippen LogP contribution in [0.4, 0.5) is 0 Å². The monoisotopic (exact) mass is 380 g/mol. The minimum atomic E-state index is 0.0203. The first kappa shape index (κ1) is 20.7. The summed E-state index contributed by atoms with van der Waals surface area (Å²) in [7, 11) is 1.66. The van der Waals surface area contributed by atoms with Crippen molar-refractivity contribution in [3.05, 3.63) is 34.9 Å². The zero-order chi connectivity index (χ0) is 18.8. The van der Waals surface area contributed by atoms with Gasteiger partial charge in [-0.05, 0) is 56.2 Å². The van der Waals surface area contributed by atoms with Crippen molar-refractivity contribution >= 4 is 23.4 Å². The molecule has 26 heavy (non-hydrogen) atoms. The van der Waals surface area contributed by atoms with Crippen LogP contribution in [0.25, 0.3) is 0 Å². The van der Waals surface area contributed by atoms with E-state index in [-0.39, 0.29) is 23.7 Å². The first-order chi connectivity index (χ1) is 12.6. The number of benzene rings is 1. The maximum atomic E-state index is 12.3. The van der Waals surface area contributed by atoms with Crippen LogP contribution in [0.2, 0.25) is 5.02 Å². The van der Waals surface area contributed by atoms with Gasteiger partial charge in [0.15, 0.2) is 0 Å². The molecule has 5 nitrogen and oxygen atoms in total. The lowest BCUT2D eigenvalue weighted by Gasteiger charge is -2.27. The quantitative estimate of drug-likeness (QED) is 0.647. The van der Waals surface area contributed by atoms with Gasteiger partial charge in [-0.2, -0.15) is 0 Å². The molecule has 1 saturated carbocycles. The molecule has 0 atom stereocenters. The summed E-state index contributed by atoms with van der Waals surface area (Å²) in [5.74, 6) is 0.270. The van der Waals surface area contributed by atoms with Crippen molar-refractivity contribution in [2.45, 2.75) is 38.5 Å². The van der Waals surface area contributed by atoms with Crippen molar-refractivity contribution in [2.75, 3.05) is 26.8 Å². The molecule has 2 amide bonds. The average Bonchev–Trinajstić information content (AvgIpc) is 2.65. The molecule has 0 radical (unpaired) electrons. The third kappa shape index (κ3) is 6.96. The van der Waals surface area contributed by atoms with E-state index in [0.29, 0.717) is 24.7 Å². The lowest BCUT2D eigenvalue weighted by atomic mass is 9.81. The second kappa shape index (κ2) is 11.2. The molecular formula is C20H29ClN2O3.